The summed E-state index contributed by atoms with van der Waals surface area (Å²) in [6.45, 7) is 3.28. The van der Waals surface area contributed by atoms with Crippen LogP contribution in [0.15, 0.2) is 30.9 Å². The first kappa shape index (κ1) is 9.98. The first-order chi connectivity index (χ1) is 6.56. The summed E-state index contributed by atoms with van der Waals surface area (Å²) in [7, 11) is 0. The Labute approximate surface area is 80.7 Å². The van der Waals surface area contributed by atoms with Crippen LogP contribution in [0.5, 0.6) is 0 Å². The highest BCUT2D eigenvalue weighted by atomic mass is 16.4. The highest BCUT2D eigenvalue weighted by Crippen LogP contribution is 2.14. The third-order valence-corrected chi connectivity index (χ3v) is 1.72. The minimum absolute atomic E-state index is 0.0625. The summed E-state index contributed by atoms with van der Waals surface area (Å²) in [5, 5.41) is 8.77. The highest BCUT2D eigenvalue weighted by Gasteiger charge is 2.14. The minimum Gasteiger partial charge on any atom is -0.478 e. The lowest BCUT2D eigenvalue weighted by Gasteiger charge is -2.03. The van der Waals surface area contributed by atoms with Crippen molar-refractivity contribution in [3.05, 3.63) is 42.0 Å². The summed E-state index contributed by atoms with van der Waals surface area (Å²) in [5.41, 5.74) is 5.78. The first-order valence-electron chi connectivity index (χ1n) is 3.86. The van der Waals surface area contributed by atoms with Crippen LogP contribution in [0, 0.1) is 0 Å². The molecule has 0 bridgehead atoms. The van der Waals surface area contributed by atoms with Crippen LogP contribution in [0.2, 0.25) is 0 Å². The van der Waals surface area contributed by atoms with Crippen LogP contribution in [-0.4, -0.2) is 16.9 Å². The monoisotopic (exact) mass is 191 g/mol. The van der Waals surface area contributed by atoms with Crippen LogP contribution in [0.3, 0.4) is 0 Å². The highest BCUT2D eigenvalue weighted by molar-refractivity contribution is 6.11. The molecule has 1 aromatic rings. The second-order valence-electron chi connectivity index (χ2n) is 2.68. The molecule has 0 saturated carbocycles. The van der Waals surface area contributed by atoms with E-state index >= 15 is 0 Å². The number of aromatic carboxylic acids is 1. The zero-order chi connectivity index (χ0) is 10.7. The molecule has 0 spiro atoms. The van der Waals surface area contributed by atoms with Gasteiger partial charge in [-0.15, -0.1) is 0 Å². The predicted octanol–water partition coefficient (Wildman–Crippen LogP) is 1.34. The number of carbonyl (C=O) groups excluding carboxylic acids is 1. The summed E-state index contributed by atoms with van der Waals surface area (Å²) < 4.78 is 0. The Morgan fingerprint density at radius 2 is 2.00 bits per heavy atom. The molecule has 0 aliphatic heterocycles. The topological polar surface area (TPSA) is 80.4 Å². The molecule has 3 N–H and O–H groups in total. The fourth-order valence-corrected chi connectivity index (χ4v) is 1.06. The van der Waals surface area contributed by atoms with E-state index in [1.165, 1.54) is 18.2 Å². The summed E-state index contributed by atoms with van der Waals surface area (Å²) >= 11 is 0. The third-order valence-electron chi connectivity index (χ3n) is 1.72. The molecule has 0 aliphatic carbocycles. The molecule has 1 rings (SSSR count). The smallest absolute Gasteiger partial charge is 0.336 e. The first-order valence-corrected chi connectivity index (χ1v) is 3.86. The largest absolute Gasteiger partial charge is 0.478 e. The molecule has 14 heavy (non-hydrogen) atoms. The third kappa shape index (κ3) is 1.80. The number of rotatable bonds is 3. The SMILES string of the molecule is C=CC(=O)c1cc(N)ccc1C(=O)O. The second-order valence-corrected chi connectivity index (χ2v) is 2.68. The average Bonchev–Trinajstić information content (AvgIpc) is 2.16. The number of hydrogen-bond acceptors (Lipinski definition) is 3. The normalized spacial score (nSPS) is 9.43. The molecule has 4 nitrogen and oxygen atoms in total. The fourth-order valence-electron chi connectivity index (χ4n) is 1.06. The van der Waals surface area contributed by atoms with Gasteiger partial charge in [-0.2, -0.15) is 0 Å². The van der Waals surface area contributed by atoms with Crippen molar-refractivity contribution in [1.29, 1.82) is 0 Å². The Morgan fingerprint density at radius 1 is 1.36 bits per heavy atom. The number of nitrogen functional groups attached to an aromatic ring is 1. The van der Waals surface area contributed by atoms with Gasteiger partial charge in [0, 0.05) is 11.3 Å². The molecule has 0 saturated heterocycles. The van der Waals surface area contributed by atoms with Gasteiger partial charge < -0.3 is 10.8 Å². The Hall–Kier alpha value is -2.10. The predicted molar refractivity (Wildman–Crippen MR) is 52.3 cm³/mol. The molecule has 0 fully saturated rings. The van der Waals surface area contributed by atoms with Crippen LogP contribution in [-0.2, 0) is 0 Å². The van der Waals surface area contributed by atoms with E-state index in [1.54, 1.807) is 0 Å². The maximum atomic E-state index is 11.3. The Morgan fingerprint density at radius 3 is 2.50 bits per heavy atom. The minimum atomic E-state index is -1.16. The average molecular weight is 191 g/mol. The molecule has 0 atom stereocenters. The maximum absolute atomic E-state index is 11.3. The Bertz CT molecular complexity index is 410. The number of ketones is 1. The van der Waals surface area contributed by atoms with Gasteiger partial charge in [0.05, 0.1) is 5.56 Å². The lowest BCUT2D eigenvalue weighted by Crippen LogP contribution is -2.07. The number of carbonyl (C=O) groups is 2. The second kappa shape index (κ2) is 3.74. The molecule has 4 heteroatoms. The van der Waals surface area contributed by atoms with Crippen molar-refractivity contribution in [3.8, 4) is 0 Å². The standard InChI is InChI=1S/C10H9NO3/c1-2-9(12)8-5-6(11)3-4-7(8)10(13)14/h2-5H,1,11H2,(H,13,14). The molecule has 1 aromatic carbocycles. The van der Waals surface area contributed by atoms with Gasteiger partial charge in [-0.05, 0) is 24.3 Å². The summed E-state index contributed by atoms with van der Waals surface area (Å²) in [5.74, 6) is -1.61. The van der Waals surface area contributed by atoms with Crippen molar-refractivity contribution in [2.24, 2.45) is 0 Å². The lowest BCUT2D eigenvalue weighted by molar-refractivity contribution is 0.0693. The van der Waals surface area contributed by atoms with E-state index in [4.69, 9.17) is 10.8 Å². The molecule has 0 aliphatic rings. The van der Waals surface area contributed by atoms with E-state index in [0.717, 1.165) is 6.08 Å². The van der Waals surface area contributed by atoms with Gasteiger partial charge in [0.1, 0.15) is 0 Å². The van der Waals surface area contributed by atoms with E-state index in [1.807, 2.05) is 0 Å². The van der Waals surface area contributed by atoms with Crippen molar-refractivity contribution in [1.82, 2.24) is 0 Å². The number of nitrogens with two attached hydrogens (primary N) is 1. The van der Waals surface area contributed by atoms with Gasteiger partial charge in [0.2, 0.25) is 0 Å². The van der Waals surface area contributed by atoms with Gasteiger partial charge in [0.15, 0.2) is 5.78 Å². The van der Waals surface area contributed by atoms with Crippen molar-refractivity contribution in [2.45, 2.75) is 0 Å². The van der Waals surface area contributed by atoms with E-state index in [-0.39, 0.29) is 11.1 Å². The molecule has 0 radical (unpaired) electrons. The summed E-state index contributed by atoms with van der Waals surface area (Å²) in [4.78, 5) is 22.0. The number of hydrogen-bond donors (Lipinski definition) is 2. The number of carboxylic acid groups (broad SMARTS) is 1. The van der Waals surface area contributed by atoms with Gasteiger partial charge in [0.25, 0.3) is 0 Å². The summed E-state index contributed by atoms with van der Waals surface area (Å²) in [6, 6.07) is 4.06. The fraction of sp³-hybridized carbons (Fsp3) is 0. The zero-order valence-electron chi connectivity index (χ0n) is 7.36. The van der Waals surface area contributed by atoms with E-state index in [0.29, 0.717) is 5.69 Å². The van der Waals surface area contributed by atoms with E-state index in [9.17, 15) is 9.59 Å². The Balaban J connectivity index is 3.36. The molecule has 72 valence electrons. The van der Waals surface area contributed by atoms with Crippen LogP contribution < -0.4 is 5.73 Å². The van der Waals surface area contributed by atoms with Gasteiger partial charge in [-0.3, -0.25) is 4.79 Å². The lowest BCUT2D eigenvalue weighted by atomic mass is 10.0. The number of allylic oxidation sites excluding steroid dienone is 1. The van der Waals surface area contributed by atoms with Crippen molar-refractivity contribution >= 4 is 17.4 Å². The maximum Gasteiger partial charge on any atom is 0.336 e. The van der Waals surface area contributed by atoms with Crippen LogP contribution >= 0.6 is 0 Å². The van der Waals surface area contributed by atoms with E-state index < -0.39 is 11.8 Å². The van der Waals surface area contributed by atoms with Crippen molar-refractivity contribution < 1.29 is 14.7 Å². The molecule has 0 amide bonds. The van der Waals surface area contributed by atoms with Crippen molar-refractivity contribution in [2.75, 3.05) is 5.73 Å². The quantitative estimate of drug-likeness (QED) is 0.429. The number of benzene rings is 1. The van der Waals surface area contributed by atoms with Gasteiger partial charge in [-0.1, -0.05) is 6.58 Å². The zero-order valence-corrected chi connectivity index (χ0v) is 7.36. The molecule has 0 aromatic heterocycles. The molecular weight excluding hydrogens is 182 g/mol. The van der Waals surface area contributed by atoms with E-state index in [2.05, 4.69) is 6.58 Å². The molecule has 0 heterocycles. The van der Waals surface area contributed by atoms with Gasteiger partial charge in [-0.25, -0.2) is 4.79 Å². The Kier molecular flexibility index (Phi) is 2.67. The van der Waals surface area contributed by atoms with Crippen LogP contribution in [0.4, 0.5) is 5.69 Å². The van der Waals surface area contributed by atoms with Crippen LogP contribution in [0.1, 0.15) is 20.7 Å². The van der Waals surface area contributed by atoms with Crippen LogP contribution in [0.25, 0.3) is 0 Å². The molecule has 0 unspecified atom stereocenters. The number of carboxylic acids is 1. The molecular formula is C10H9NO3. The van der Waals surface area contributed by atoms with Crippen molar-refractivity contribution in [3.63, 3.8) is 0 Å². The number of anilines is 1. The van der Waals surface area contributed by atoms with Gasteiger partial charge >= 0.3 is 5.97 Å². The summed E-state index contributed by atoms with van der Waals surface area (Å²) in [6.07, 6.45) is 1.06.